The molecule has 1 aliphatic rings. The van der Waals surface area contributed by atoms with Crippen LogP contribution in [-0.2, 0) is 0 Å². The van der Waals surface area contributed by atoms with Crippen LogP contribution in [0, 0.1) is 5.92 Å². The molecular formula is C15H23N3O2. The number of pyridine rings is 1. The molecule has 2 N–H and O–H groups in total. The number of hydrogen-bond donors (Lipinski definition) is 2. The molecule has 1 aromatic heterocycles. The Labute approximate surface area is 120 Å². The molecule has 0 unspecified atom stereocenters. The fourth-order valence-corrected chi connectivity index (χ4v) is 2.45. The lowest BCUT2D eigenvalue weighted by Gasteiger charge is -2.34. The molecule has 0 spiro atoms. The van der Waals surface area contributed by atoms with Gasteiger partial charge in [-0.15, -0.1) is 0 Å². The third-order valence-corrected chi connectivity index (χ3v) is 3.65. The van der Waals surface area contributed by atoms with Crippen molar-refractivity contribution in [3.8, 4) is 0 Å². The number of aliphatic hydroxyl groups is 1. The predicted molar refractivity (Wildman–Crippen MR) is 78.7 cm³/mol. The van der Waals surface area contributed by atoms with Gasteiger partial charge in [0.05, 0.1) is 6.10 Å². The average molecular weight is 277 g/mol. The van der Waals surface area contributed by atoms with E-state index in [4.69, 9.17) is 0 Å². The minimum Gasteiger partial charge on any atom is -0.393 e. The number of aromatic nitrogens is 1. The number of hydrogen-bond acceptors (Lipinski definition) is 4. The van der Waals surface area contributed by atoms with Crippen molar-refractivity contribution in [3.63, 3.8) is 0 Å². The molecule has 1 amide bonds. The maximum absolute atomic E-state index is 12.3. The van der Waals surface area contributed by atoms with Crippen LogP contribution in [-0.4, -0.2) is 47.1 Å². The monoisotopic (exact) mass is 277 g/mol. The van der Waals surface area contributed by atoms with Gasteiger partial charge in [0.2, 0.25) is 0 Å². The van der Waals surface area contributed by atoms with Crippen molar-refractivity contribution < 1.29 is 9.90 Å². The van der Waals surface area contributed by atoms with Crippen LogP contribution in [0.25, 0.3) is 0 Å². The normalized spacial score (nSPS) is 21.1. The minimum atomic E-state index is -0.172. The quantitative estimate of drug-likeness (QED) is 0.831. The van der Waals surface area contributed by atoms with E-state index in [1.54, 1.807) is 23.2 Å². The summed E-state index contributed by atoms with van der Waals surface area (Å²) in [6, 6.07) is 3.54. The van der Waals surface area contributed by atoms with Crippen LogP contribution in [0.3, 0.4) is 0 Å². The molecule has 20 heavy (non-hydrogen) atoms. The molecule has 5 nitrogen and oxygen atoms in total. The van der Waals surface area contributed by atoms with Crippen molar-refractivity contribution in [2.45, 2.75) is 32.3 Å². The van der Waals surface area contributed by atoms with Gasteiger partial charge in [-0.05, 0) is 37.3 Å². The molecule has 0 radical (unpaired) electrons. The maximum atomic E-state index is 12.3. The zero-order valence-corrected chi connectivity index (χ0v) is 12.2. The summed E-state index contributed by atoms with van der Waals surface area (Å²) < 4.78 is 0. The van der Waals surface area contributed by atoms with Crippen molar-refractivity contribution in [3.05, 3.63) is 23.9 Å². The highest BCUT2D eigenvalue weighted by Crippen LogP contribution is 2.27. The molecule has 0 bridgehead atoms. The fraction of sp³-hybridized carbons (Fsp3) is 0.600. The largest absolute Gasteiger partial charge is 0.393 e. The van der Waals surface area contributed by atoms with Crippen molar-refractivity contribution in [1.29, 1.82) is 0 Å². The van der Waals surface area contributed by atoms with Gasteiger partial charge in [0, 0.05) is 31.9 Å². The van der Waals surface area contributed by atoms with Crippen molar-refractivity contribution >= 4 is 11.7 Å². The van der Waals surface area contributed by atoms with Gasteiger partial charge in [0.1, 0.15) is 5.82 Å². The van der Waals surface area contributed by atoms with Crippen molar-refractivity contribution in [2.24, 2.45) is 5.92 Å². The molecule has 1 fully saturated rings. The van der Waals surface area contributed by atoms with Gasteiger partial charge in [0.25, 0.3) is 5.91 Å². The first-order chi connectivity index (χ1) is 9.60. The molecule has 0 saturated heterocycles. The molecule has 0 atom stereocenters. The van der Waals surface area contributed by atoms with E-state index in [1.165, 1.54) is 0 Å². The second-order valence-electron chi connectivity index (χ2n) is 5.53. The first-order valence-corrected chi connectivity index (χ1v) is 7.23. The number of rotatable bonds is 6. The lowest BCUT2D eigenvalue weighted by molar-refractivity contribution is 0.0265. The van der Waals surface area contributed by atoms with Crippen LogP contribution >= 0.6 is 0 Å². The average Bonchev–Trinajstić information content (AvgIpc) is 2.42. The molecule has 1 saturated carbocycles. The first kappa shape index (κ1) is 14.8. The summed E-state index contributed by atoms with van der Waals surface area (Å²) in [4.78, 5) is 18.3. The second kappa shape index (κ2) is 6.70. The lowest BCUT2D eigenvalue weighted by atomic mass is 9.82. The van der Waals surface area contributed by atoms with Gasteiger partial charge in [-0.2, -0.15) is 0 Å². The summed E-state index contributed by atoms with van der Waals surface area (Å²) in [6.45, 7) is 3.64. The van der Waals surface area contributed by atoms with Gasteiger partial charge < -0.3 is 15.3 Å². The van der Waals surface area contributed by atoms with E-state index in [0.29, 0.717) is 18.0 Å². The van der Waals surface area contributed by atoms with E-state index in [0.717, 1.165) is 31.6 Å². The molecule has 2 rings (SSSR count). The maximum Gasteiger partial charge on any atom is 0.253 e. The van der Waals surface area contributed by atoms with Crippen molar-refractivity contribution in [1.82, 2.24) is 9.88 Å². The van der Waals surface area contributed by atoms with Crippen LogP contribution in [0.4, 0.5) is 5.82 Å². The fourth-order valence-electron chi connectivity index (χ4n) is 2.45. The summed E-state index contributed by atoms with van der Waals surface area (Å²) in [6.07, 6.45) is 4.11. The highest BCUT2D eigenvalue weighted by Gasteiger charge is 2.29. The second-order valence-corrected chi connectivity index (χ2v) is 5.53. The Kier molecular flexibility index (Phi) is 4.95. The summed E-state index contributed by atoms with van der Waals surface area (Å²) in [5.41, 5.74) is 0.654. The summed E-state index contributed by atoms with van der Waals surface area (Å²) >= 11 is 0. The molecule has 0 aliphatic heterocycles. The van der Waals surface area contributed by atoms with Crippen LogP contribution in [0.1, 0.15) is 36.5 Å². The molecule has 1 aromatic rings. The zero-order valence-electron chi connectivity index (χ0n) is 12.2. The molecule has 0 aromatic carbocycles. The van der Waals surface area contributed by atoms with E-state index in [1.807, 2.05) is 7.05 Å². The van der Waals surface area contributed by atoms with E-state index in [9.17, 15) is 9.90 Å². The molecule has 110 valence electrons. The van der Waals surface area contributed by atoms with E-state index >= 15 is 0 Å². The minimum absolute atomic E-state index is 0.00772. The number of aliphatic hydroxyl groups excluding tert-OH is 1. The lowest BCUT2D eigenvalue weighted by Crippen LogP contribution is -2.39. The van der Waals surface area contributed by atoms with Crippen LogP contribution in [0.5, 0.6) is 0 Å². The SMILES string of the molecule is CCCNc1cc(C(=O)N(C)CC2CC(O)C2)ccn1. The Balaban J connectivity index is 1.93. The summed E-state index contributed by atoms with van der Waals surface area (Å²) in [5.74, 6) is 1.18. The van der Waals surface area contributed by atoms with Gasteiger partial charge in [-0.3, -0.25) is 4.79 Å². The zero-order chi connectivity index (χ0) is 14.5. The number of amides is 1. The molecule has 1 aliphatic carbocycles. The number of nitrogens with one attached hydrogen (secondary N) is 1. The predicted octanol–water partition coefficient (Wildman–Crippen LogP) is 1.75. The molecule has 1 heterocycles. The Morgan fingerprint density at radius 3 is 2.95 bits per heavy atom. The van der Waals surface area contributed by atoms with Crippen LogP contribution in [0.15, 0.2) is 18.3 Å². The number of carbonyl (C=O) groups is 1. The smallest absolute Gasteiger partial charge is 0.253 e. The Hall–Kier alpha value is -1.62. The van der Waals surface area contributed by atoms with E-state index in [2.05, 4.69) is 17.2 Å². The Morgan fingerprint density at radius 1 is 1.55 bits per heavy atom. The highest BCUT2D eigenvalue weighted by molar-refractivity contribution is 5.94. The first-order valence-electron chi connectivity index (χ1n) is 7.23. The standard InChI is InChI=1S/C15H23N3O2/c1-3-5-16-14-9-12(4-6-17-14)15(20)18(2)10-11-7-13(19)8-11/h4,6,9,11,13,19H,3,5,7-8,10H2,1-2H3,(H,16,17). The Morgan fingerprint density at radius 2 is 2.30 bits per heavy atom. The van der Waals surface area contributed by atoms with Gasteiger partial charge in [0.15, 0.2) is 0 Å². The van der Waals surface area contributed by atoms with Gasteiger partial charge in [-0.25, -0.2) is 4.98 Å². The van der Waals surface area contributed by atoms with E-state index in [-0.39, 0.29) is 12.0 Å². The van der Waals surface area contributed by atoms with Gasteiger partial charge in [-0.1, -0.05) is 6.92 Å². The van der Waals surface area contributed by atoms with Gasteiger partial charge >= 0.3 is 0 Å². The van der Waals surface area contributed by atoms with Crippen molar-refractivity contribution in [2.75, 3.05) is 25.5 Å². The van der Waals surface area contributed by atoms with Crippen LogP contribution < -0.4 is 5.32 Å². The Bertz CT molecular complexity index is 458. The molecular weight excluding hydrogens is 254 g/mol. The number of anilines is 1. The highest BCUT2D eigenvalue weighted by atomic mass is 16.3. The number of carbonyl (C=O) groups excluding carboxylic acids is 1. The third-order valence-electron chi connectivity index (χ3n) is 3.65. The van der Waals surface area contributed by atoms with Crippen LogP contribution in [0.2, 0.25) is 0 Å². The van der Waals surface area contributed by atoms with E-state index < -0.39 is 0 Å². The summed E-state index contributed by atoms with van der Waals surface area (Å²) in [7, 11) is 1.81. The topological polar surface area (TPSA) is 65.5 Å². The summed E-state index contributed by atoms with van der Waals surface area (Å²) in [5, 5.41) is 12.5. The number of nitrogens with zero attached hydrogens (tertiary/aromatic N) is 2. The molecule has 5 heteroatoms. The third kappa shape index (κ3) is 3.70.